The number of anilines is 2. The topological polar surface area (TPSA) is 104 Å². The van der Waals surface area contributed by atoms with Gasteiger partial charge in [0.15, 0.2) is 0 Å². The molecule has 3 aliphatic rings. The maximum atomic E-state index is 9.73. The minimum Gasteiger partial charge on any atom is -0.381 e. The number of hydrogen-bond donors (Lipinski definition) is 2. The van der Waals surface area contributed by atoms with Crippen LogP contribution in [-0.2, 0) is 9.47 Å². The van der Waals surface area contributed by atoms with Crippen LogP contribution in [0.2, 0.25) is 5.02 Å². The lowest BCUT2D eigenvalue weighted by Gasteiger charge is -2.30. The van der Waals surface area contributed by atoms with Gasteiger partial charge in [-0.1, -0.05) is 17.7 Å². The number of pyridine rings is 2. The predicted molar refractivity (Wildman–Crippen MR) is 146 cm³/mol. The third-order valence-electron chi connectivity index (χ3n) is 7.71. The summed E-state index contributed by atoms with van der Waals surface area (Å²) >= 11 is 6.55. The molecule has 2 aromatic rings. The SMILES string of the molecule is N#CC1(CNc2cccc(-c3cc(NC4CCC(C=N[C@H]5CCOC5)CC4)ncc3Cl)n2)CCOCC1. The monoisotopic (exact) mass is 522 g/mol. The van der Waals surface area contributed by atoms with Crippen LogP contribution >= 0.6 is 11.6 Å². The third kappa shape index (κ3) is 6.78. The van der Waals surface area contributed by atoms with Gasteiger partial charge in [0.2, 0.25) is 0 Å². The molecule has 2 N–H and O–H groups in total. The normalized spacial score (nSPS) is 25.6. The fourth-order valence-corrected chi connectivity index (χ4v) is 5.45. The Labute approximate surface area is 223 Å². The zero-order chi connectivity index (χ0) is 25.5. The third-order valence-corrected chi connectivity index (χ3v) is 8.01. The number of halogens is 1. The van der Waals surface area contributed by atoms with E-state index in [1.807, 2.05) is 24.3 Å². The summed E-state index contributed by atoms with van der Waals surface area (Å²) in [6, 6.07) is 11.0. The average Bonchev–Trinajstić information content (AvgIpc) is 3.47. The van der Waals surface area contributed by atoms with Crippen molar-refractivity contribution in [3.8, 4) is 17.3 Å². The Morgan fingerprint density at radius 1 is 1.11 bits per heavy atom. The Morgan fingerprint density at radius 3 is 2.70 bits per heavy atom. The van der Waals surface area contributed by atoms with Crippen molar-refractivity contribution in [2.24, 2.45) is 16.3 Å². The van der Waals surface area contributed by atoms with Gasteiger partial charge in [-0.05, 0) is 69.1 Å². The van der Waals surface area contributed by atoms with Crippen LogP contribution in [0.4, 0.5) is 11.6 Å². The first-order chi connectivity index (χ1) is 18.1. The molecule has 0 unspecified atom stereocenters. The van der Waals surface area contributed by atoms with Gasteiger partial charge in [0, 0.05) is 50.4 Å². The molecule has 5 rings (SSSR count). The lowest BCUT2D eigenvalue weighted by molar-refractivity contribution is 0.0455. The quantitative estimate of drug-likeness (QED) is 0.449. The van der Waals surface area contributed by atoms with E-state index < -0.39 is 5.41 Å². The molecular weight excluding hydrogens is 488 g/mol. The Balaban J connectivity index is 1.19. The Hall–Kier alpha value is -2.73. The summed E-state index contributed by atoms with van der Waals surface area (Å²) in [6.07, 6.45) is 10.8. The summed E-state index contributed by atoms with van der Waals surface area (Å²) in [5, 5.41) is 17.3. The molecule has 37 heavy (non-hydrogen) atoms. The molecule has 1 aliphatic carbocycles. The smallest absolute Gasteiger partial charge is 0.126 e. The predicted octanol–water partition coefficient (Wildman–Crippen LogP) is 5.36. The molecule has 2 aromatic heterocycles. The molecule has 0 spiro atoms. The Kier molecular flexibility index (Phi) is 8.55. The molecule has 4 heterocycles. The first-order valence-corrected chi connectivity index (χ1v) is 13.7. The van der Waals surface area contributed by atoms with Crippen LogP contribution in [0.25, 0.3) is 11.3 Å². The second kappa shape index (κ2) is 12.2. The molecule has 0 aromatic carbocycles. The van der Waals surface area contributed by atoms with E-state index in [-0.39, 0.29) is 0 Å². The van der Waals surface area contributed by atoms with Gasteiger partial charge in [-0.2, -0.15) is 5.26 Å². The summed E-state index contributed by atoms with van der Waals surface area (Å²) in [4.78, 5) is 14.1. The number of aromatic nitrogens is 2. The van der Waals surface area contributed by atoms with Gasteiger partial charge in [0.1, 0.15) is 11.6 Å². The van der Waals surface area contributed by atoms with E-state index in [2.05, 4.69) is 27.9 Å². The Morgan fingerprint density at radius 2 is 1.95 bits per heavy atom. The number of nitrogens with zero attached hydrogens (tertiary/aromatic N) is 4. The van der Waals surface area contributed by atoms with Crippen molar-refractivity contribution in [2.75, 3.05) is 43.6 Å². The number of hydrogen-bond acceptors (Lipinski definition) is 8. The highest BCUT2D eigenvalue weighted by atomic mass is 35.5. The number of aliphatic imine (C=N–C) groups is 1. The summed E-state index contributed by atoms with van der Waals surface area (Å²) < 4.78 is 10.9. The van der Waals surface area contributed by atoms with Gasteiger partial charge in [-0.3, -0.25) is 4.99 Å². The van der Waals surface area contributed by atoms with Crippen molar-refractivity contribution >= 4 is 29.5 Å². The standard InChI is InChI=1S/C28H35ClN6O2/c29-24-16-32-27(34-21-6-4-20(5-7-21)15-31-22-8-11-37-17-22)14-23(24)25-2-1-3-26(35-25)33-19-28(18-30)9-12-36-13-10-28/h1-3,14-16,20-22H,4-13,17,19H2,(H,32,34)(H,33,35)/t20?,21?,22-/m0/s1. The summed E-state index contributed by atoms with van der Waals surface area (Å²) in [7, 11) is 0. The number of nitrogens with one attached hydrogen (secondary N) is 2. The second-order valence-corrected chi connectivity index (χ2v) is 10.8. The molecular formula is C28H35ClN6O2. The van der Waals surface area contributed by atoms with Gasteiger partial charge >= 0.3 is 0 Å². The van der Waals surface area contributed by atoms with Crippen molar-refractivity contribution in [3.63, 3.8) is 0 Å². The van der Waals surface area contributed by atoms with Gasteiger partial charge in [-0.25, -0.2) is 9.97 Å². The molecule has 1 atom stereocenters. The zero-order valence-electron chi connectivity index (χ0n) is 21.2. The van der Waals surface area contributed by atoms with Crippen molar-refractivity contribution in [1.82, 2.24) is 9.97 Å². The molecule has 9 heteroatoms. The largest absolute Gasteiger partial charge is 0.381 e. The summed E-state index contributed by atoms with van der Waals surface area (Å²) in [5.41, 5.74) is 1.19. The fraction of sp³-hybridized carbons (Fsp3) is 0.571. The fourth-order valence-electron chi connectivity index (χ4n) is 5.25. The van der Waals surface area contributed by atoms with Crippen LogP contribution in [0.5, 0.6) is 0 Å². The van der Waals surface area contributed by atoms with Crippen LogP contribution in [0.1, 0.15) is 44.9 Å². The first kappa shape index (κ1) is 25.9. The molecule has 0 radical (unpaired) electrons. The van der Waals surface area contributed by atoms with E-state index >= 15 is 0 Å². The molecule has 1 saturated carbocycles. The summed E-state index contributed by atoms with van der Waals surface area (Å²) in [6.45, 7) is 3.39. The van der Waals surface area contributed by atoms with E-state index in [9.17, 15) is 5.26 Å². The maximum Gasteiger partial charge on any atom is 0.126 e. The molecule has 2 saturated heterocycles. The van der Waals surface area contributed by atoms with E-state index in [1.165, 1.54) is 0 Å². The lowest BCUT2D eigenvalue weighted by atomic mass is 9.82. The minimum atomic E-state index is -0.420. The van der Waals surface area contributed by atoms with Crippen LogP contribution < -0.4 is 10.6 Å². The number of rotatable bonds is 8. The van der Waals surface area contributed by atoms with Crippen molar-refractivity contribution in [3.05, 3.63) is 35.5 Å². The van der Waals surface area contributed by atoms with E-state index in [0.29, 0.717) is 42.8 Å². The van der Waals surface area contributed by atoms with Crippen LogP contribution in [0.3, 0.4) is 0 Å². The minimum absolute atomic E-state index is 0.351. The van der Waals surface area contributed by atoms with Crippen LogP contribution in [-0.4, -0.2) is 61.2 Å². The van der Waals surface area contributed by atoms with Gasteiger partial charge in [0.25, 0.3) is 0 Å². The van der Waals surface area contributed by atoms with E-state index in [4.69, 9.17) is 31.1 Å². The van der Waals surface area contributed by atoms with Crippen LogP contribution in [0, 0.1) is 22.7 Å². The summed E-state index contributed by atoms with van der Waals surface area (Å²) in [5.74, 6) is 2.09. The highest BCUT2D eigenvalue weighted by Gasteiger charge is 2.32. The van der Waals surface area contributed by atoms with Crippen molar-refractivity contribution in [1.29, 1.82) is 5.26 Å². The van der Waals surface area contributed by atoms with Crippen LogP contribution in [0.15, 0.2) is 35.5 Å². The second-order valence-electron chi connectivity index (χ2n) is 10.4. The highest BCUT2D eigenvalue weighted by molar-refractivity contribution is 6.33. The Bertz CT molecular complexity index is 1120. The molecule has 0 bridgehead atoms. The van der Waals surface area contributed by atoms with Gasteiger partial charge < -0.3 is 20.1 Å². The maximum absolute atomic E-state index is 9.73. The molecule has 8 nitrogen and oxygen atoms in total. The van der Waals surface area contributed by atoms with E-state index in [1.54, 1.807) is 6.20 Å². The molecule has 2 aliphatic heterocycles. The molecule has 0 amide bonds. The van der Waals surface area contributed by atoms with Gasteiger partial charge in [0.05, 0.1) is 34.8 Å². The number of ether oxygens (including phenoxy) is 2. The molecule has 3 fully saturated rings. The average molecular weight is 523 g/mol. The zero-order valence-corrected chi connectivity index (χ0v) is 21.9. The first-order valence-electron chi connectivity index (χ1n) is 13.4. The highest BCUT2D eigenvalue weighted by Crippen LogP contribution is 2.32. The molecule has 196 valence electrons. The van der Waals surface area contributed by atoms with Crippen molar-refractivity contribution < 1.29 is 9.47 Å². The number of nitriles is 1. The van der Waals surface area contributed by atoms with E-state index in [0.717, 1.165) is 81.1 Å². The lowest BCUT2D eigenvalue weighted by Crippen LogP contribution is -2.34. The van der Waals surface area contributed by atoms with Gasteiger partial charge in [-0.15, -0.1) is 0 Å². The van der Waals surface area contributed by atoms with Crippen molar-refractivity contribution in [2.45, 2.75) is 57.0 Å².